The zero-order valence-electron chi connectivity index (χ0n) is 14.7. The van der Waals surface area contributed by atoms with Crippen molar-refractivity contribution >= 4 is 17.4 Å². The van der Waals surface area contributed by atoms with Crippen molar-refractivity contribution in [2.24, 2.45) is 0 Å². The third-order valence-electron chi connectivity index (χ3n) is 3.99. The third-order valence-corrected chi connectivity index (χ3v) is 4.62. The molecule has 1 N–H and O–H groups in total. The summed E-state index contributed by atoms with van der Waals surface area (Å²) >= 11 is 1.64. The van der Waals surface area contributed by atoms with E-state index >= 15 is 0 Å². The molecule has 1 aliphatic heterocycles. The Balaban J connectivity index is 1.75. The van der Waals surface area contributed by atoms with E-state index in [0.717, 1.165) is 44.5 Å². The number of amides is 1. The van der Waals surface area contributed by atoms with E-state index in [1.807, 2.05) is 31.2 Å². The zero-order valence-corrected chi connectivity index (χ0v) is 15.5. The second-order valence-corrected chi connectivity index (χ2v) is 8.01. The normalized spacial score (nSPS) is 19.8. The monoisotopic (exact) mass is 339 g/mol. The summed E-state index contributed by atoms with van der Waals surface area (Å²) in [5, 5.41) is 5.63. The van der Waals surface area contributed by atoms with Crippen LogP contribution >= 0.6 is 11.3 Å². The number of thiazole rings is 1. The minimum absolute atomic E-state index is 0.172. The van der Waals surface area contributed by atoms with E-state index in [2.05, 4.69) is 22.6 Å². The summed E-state index contributed by atoms with van der Waals surface area (Å²) in [7, 11) is 0. The molecule has 1 fully saturated rings. The smallest absolute Gasteiger partial charge is 0.410 e. The highest BCUT2D eigenvalue weighted by molar-refractivity contribution is 7.07. The van der Waals surface area contributed by atoms with Gasteiger partial charge >= 0.3 is 6.09 Å². The van der Waals surface area contributed by atoms with Crippen LogP contribution in [0, 0.1) is 0 Å². The molecule has 1 aromatic rings. The van der Waals surface area contributed by atoms with Gasteiger partial charge in [0, 0.05) is 37.0 Å². The molecule has 1 amide bonds. The molecule has 2 heterocycles. The average Bonchev–Trinajstić information content (AvgIpc) is 3.07. The fraction of sp³-hybridized carbons (Fsp3) is 0.765. The van der Waals surface area contributed by atoms with Gasteiger partial charge in [-0.3, -0.25) is 0 Å². The van der Waals surface area contributed by atoms with Crippen LogP contribution in [0.4, 0.5) is 4.79 Å². The van der Waals surface area contributed by atoms with E-state index < -0.39 is 5.60 Å². The minimum Gasteiger partial charge on any atom is -0.444 e. The molecular weight excluding hydrogens is 310 g/mol. The lowest BCUT2D eigenvalue weighted by atomic mass is 10.1. The molecule has 130 valence electrons. The minimum atomic E-state index is -0.429. The SMILES string of the molecule is CC(CC1CCCN1C(=O)OC(C)(C)C)NCCc1cscn1. The Labute approximate surface area is 143 Å². The Hall–Kier alpha value is -1.14. The lowest BCUT2D eigenvalue weighted by molar-refractivity contribution is 0.0215. The van der Waals surface area contributed by atoms with Crippen LogP contribution in [-0.4, -0.2) is 46.8 Å². The highest BCUT2D eigenvalue weighted by Gasteiger charge is 2.32. The summed E-state index contributed by atoms with van der Waals surface area (Å²) < 4.78 is 5.52. The Morgan fingerprint density at radius 1 is 1.57 bits per heavy atom. The van der Waals surface area contributed by atoms with Crippen molar-refractivity contribution in [3.63, 3.8) is 0 Å². The number of carbonyl (C=O) groups is 1. The van der Waals surface area contributed by atoms with Crippen molar-refractivity contribution in [1.29, 1.82) is 0 Å². The van der Waals surface area contributed by atoms with Crippen LogP contribution < -0.4 is 5.32 Å². The summed E-state index contributed by atoms with van der Waals surface area (Å²) in [6, 6.07) is 0.660. The molecule has 6 heteroatoms. The van der Waals surface area contributed by atoms with Crippen LogP contribution in [0.1, 0.15) is 52.7 Å². The predicted octanol–water partition coefficient (Wildman–Crippen LogP) is 3.45. The molecule has 2 unspecified atom stereocenters. The molecule has 23 heavy (non-hydrogen) atoms. The number of carbonyl (C=O) groups excluding carboxylic acids is 1. The lowest BCUT2D eigenvalue weighted by Gasteiger charge is -2.30. The average molecular weight is 340 g/mol. The maximum Gasteiger partial charge on any atom is 0.410 e. The number of hydrogen-bond donors (Lipinski definition) is 1. The van der Waals surface area contributed by atoms with Gasteiger partial charge in [-0.05, 0) is 47.0 Å². The number of nitrogens with one attached hydrogen (secondary N) is 1. The molecule has 0 bridgehead atoms. The van der Waals surface area contributed by atoms with Crippen molar-refractivity contribution in [3.05, 3.63) is 16.6 Å². The van der Waals surface area contributed by atoms with E-state index in [1.165, 1.54) is 0 Å². The van der Waals surface area contributed by atoms with E-state index in [-0.39, 0.29) is 12.1 Å². The van der Waals surface area contributed by atoms with Crippen LogP contribution in [0.5, 0.6) is 0 Å². The molecule has 0 aliphatic carbocycles. The van der Waals surface area contributed by atoms with Gasteiger partial charge in [0.15, 0.2) is 0 Å². The van der Waals surface area contributed by atoms with Gasteiger partial charge in [-0.15, -0.1) is 11.3 Å². The molecule has 5 nitrogen and oxygen atoms in total. The summed E-state index contributed by atoms with van der Waals surface area (Å²) in [6.07, 6.45) is 3.88. The first kappa shape index (κ1) is 18.2. The van der Waals surface area contributed by atoms with Gasteiger partial charge in [0.1, 0.15) is 5.60 Å². The zero-order chi connectivity index (χ0) is 16.9. The number of aromatic nitrogens is 1. The number of rotatable bonds is 6. The fourth-order valence-corrected chi connectivity index (χ4v) is 3.53. The van der Waals surface area contributed by atoms with Crippen LogP contribution in [0.2, 0.25) is 0 Å². The van der Waals surface area contributed by atoms with Gasteiger partial charge in [-0.1, -0.05) is 0 Å². The van der Waals surface area contributed by atoms with Gasteiger partial charge in [-0.2, -0.15) is 0 Å². The first-order chi connectivity index (χ1) is 10.8. The van der Waals surface area contributed by atoms with E-state index in [1.54, 1.807) is 11.3 Å². The summed E-state index contributed by atoms with van der Waals surface area (Å²) in [5.74, 6) is 0. The van der Waals surface area contributed by atoms with Gasteiger partial charge in [-0.25, -0.2) is 9.78 Å². The second kappa shape index (κ2) is 8.11. The third kappa shape index (κ3) is 6.11. The number of likely N-dealkylation sites (tertiary alicyclic amines) is 1. The van der Waals surface area contributed by atoms with Gasteiger partial charge in [0.25, 0.3) is 0 Å². The maximum atomic E-state index is 12.3. The molecule has 0 spiro atoms. The fourth-order valence-electron chi connectivity index (χ4n) is 2.94. The Bertz CT molecular complexity index is 485. The molecule has 0 aromatic carbocycles. The molecule has 1 aromatic heterocycles. The van der Waals surface area contributed by atoms with Crippen molar-refractivity contribution < 1.29 is 9.53 Å². The Morgan fingerprint density at radius 2 is 2.35 bits per heavy atom. The molecule has 2 rings (SSSR count). The number of ether oxygens (including phenoxy) is 1. The number of hydrogen-bond acceptors (Lipinski definition) is 5. The van der Waals surface area contributed by atoms with Crippen LogP contribution in [0.3, 0.4) is 0 Å². The molecule has 2 atom stereocenters. The molecule has 1 aliphatic rings. The molecule has 0 saturated carbocycles. The first-order valence-electron chi connectivity index (χ1n) is 8.45. The van der Waals surface area contributed by atoms with Crippen molar-refractivity contribution in [1.82, 2.24) is 15.2 Å². The van der Waals surface area contributed by atoms with Crippen LogP contribution in [0.15, 0.2) is 10.9 Å². The standard InChI is InChI=1S/C17H29N3O2S/c1-13(18-8-7-14-11-23-12-19-14)10-15-6-5-9-20(15)16(21)22-17(2,3)4/h11-13,15,18H,5-10H2,1-4H3. The van der Waals surface area contributed by atoms with E-state index in [9.17, 15) is 4.79 Å². The summed E-state index contributed by atoms with van der Waals surface area (Å²) in [6.45, 7) is 9.66. The second-order valence-electron chi connectivity index (χ2n) is 7.29. The highest BCUT2D eigenvalue weighted by Crippen LogP contribution is 2.24. The van der Waals surface area contributed by atoms with E-state index in [4.69, 9.17) is 4.74 Å². The van der Waals surface area contributed by atoms with Crippen molar-refractivity contribution in [2.45, 2.75) is 71.1 Å². The van der Waals surface area contributed by atoms with E-state index in [0.29, 0.717) is 6.04 Å². The van der Waals surface area contributed by atoms with Crippen molar-refractivity contribution in [2.75, 3.05) is 13.1 Å². The lowest BCUT2D eigenvalue weighted by Crippen LogP contribution is -2.42. The Kier molecular flexibility index (Phi) is 6.41. The largest absolute Gasteiger partial charge is 0.444 e. The predicted molar refractivity (Wildman–Crippen MR) is 93.9 cm³/mol. The number of nitrogens with zero attached hydrogens (tertiary/aromatic N) is 2. The quantitative estimate of drug-likeness (QED) is 0.862. The van der Waals surface area contributed by atoms with Gasteiger partial charge < -0.3 is 15.0 Å². The van der Waals surface area contributed by atoms with Crippen molar-refractivity contribution in [3.8, 4) is 0 Å². The Morgan fingerprint density at radius 3 is 3.00 bits per heavy atom. The van der Waals surface area contributed by atoms with Gasteiger partial charge in [0.2, 0.25) is 0 Å². The molecule has 1 saturated heterocycles. The first-order valence-corrected chi connectivity index (χ1v) is 9.39. The highest BCUT2D eigenvalue weighted by atomic mass is 32.1. The molecule has 0 radical (unpaired) electrons. The maximum absolute atomic E-state index is 12.3. The van der Waals surface area contributed by atoms with Crippen LogP contribution in [0.25, 0.3) is 0 Å². The summed E-state index contributed by atoms with van der Waals surface area (Å²) in [4.78, 5) is 18.5. The topological polar surface area (TPSA) is 54.5 Å². The molecular formula is C17H29N3O2S. The summed E-state index contributed by atoms with van der Waals surface area (Å²) in [5.41, 5.74) is 2.59. The van der Waals surface area contributed by atoms with Gasteiger partial charge in [0.05, 0.1) is 11.2 Å². The van der Waals surface area contributed by atoms with Crippen LogP contribution in [-0.2, 0) is 11.2 Å².